The fourth-order valence-corrected chi connectivity index (χ4v) is 3.36. The smallest absolute Gasteiger partial charge is 0.321 e. The van der Waals surface area contributed by atoms with Crippen molar-refractivity contribution in [3.05, 3.63) is 29.8 Å². The monoisotopic (exact) mass is 345 g/mol. The minimum Gasteiger partial charge on any atom is -0.338 e. The topological polar surface area (TPSA) is 86.2 Å². The fraction of sp³-hybridized carbons (Fsp3) is 0.375. The molecule has 1 unspecified atom stereocenters. The second-order valence-electron chi connectivity index (χ2n) is 5.44. The van der Waals surface area contributed by atoms with Crippen molar-refractivity contribution in [2.75, 3.05) is 12.3 Å². The van der Waals surface area contributed by atoms with E-state index in [1.165, 1.54) is 11.8 Å². The summed E-state index contributed by atoms with van der Waals surface area (Å²) in [4.78, 5) is 28.0. The summed E-state index contributed by atoms with van der Waals surface area (Å²) >= 11 is 1.28. The van der Waals surface area contributed by atoms with Crippen LogP contribution in [-0.4, -0.2) is 40.6 Å². The number of thioether (sulfide) groups is 1. The number of hydrazone groups is 1. The number of hydrogen-bond acceptors (Lipinski definition) is 6. The molecule has 2 aliphatic heterocycles. The van der Waals surface area contributed by atoms with Crippen LogP contribution in [-0.2, 0) is 4.79 Å². The molecule has 0 saturated carbocycles. The summed E-state index contributed by atoms with van der Waals surface area (Å²) in [5.41, 5.74) is 2.05. The minimum absolute atomic E-state index is 0.110. The van der Waals surface area contributed by atoms with Crippen molar-refractivity contribution in [3.63, 3.8) is 0 Å². The van der Waals surface area contributed by atoms with Gasteiger partial charge in [0.05, 0.1) is 17.5 Å². The Morgan fingerprint density at radius 2 is 2.21 bits per heavy atom. The van der Waals surface area contributed by atoms with Gasteiger partial charge >= 0.3 is 6.03 Å². The van der Waals surface area contributed by atoms with Gasteiger partial charge in [-0.05, 0) is 12.5 Å². The number of rotatable bonds is 4. The molecule has 2 heterocycles. The number of amides is 3. The number of amidine groups is 1. The van der Waals surface area contributed by atoms with Crippen molar-refractivity contribution in [2.45, 2.75) is 25.8 Å². The quantitative estimate of drug-likeness (QED) is 0.877. The molecule has 3 rings (SSSR count). The number of carbonyl (C=O) groups is 2. The predicted octanol–water partition coefficient (Wildman–Crippen LogP) is 2.39. The average molecular weight is 345 g/mol. The third-order valence-electron chi connectivity index (χ3n) is 3.66. The van der Waals surface area contributed by atoms with Gasteiger partial charge in [-0.2, -0.15) is 5.10 Å². The Morgan fingerprint density at radius 3 is 3.04 bits per heavy atom. The molecule has 0 aromatic heterocycles. The van der Waals surface area contributed by atoms with E-state index in [0.29, 0.717) is 11.7 Å². The summed E-state index contributed by atoms with van der Waals surface area (Å²) in [7, 11) is 0. The maximum atomic E-state index is 11.9. The van der Waals surface area contributed by atoms with E-state index < -0.39 is 6.03 Å². The van der Waals surface area contributed by atoms with Crippen LogP contribution >= 0.6 is 11.8 Å². The Hall–Kier alpha value is -2.35. The summed E-state index contributed by atoms with van der Waals surface area (Å²) < 4.78 is 0. The van der Waals surface area contributed by atoms with Crippen LogP contribution in [0, 0.1) is 0 Å². The Bertz CT molecular complexity index is 703. The summed E-state index contributed by atoms with van der Waals surface area (Å²) in [5, 5.41) is 11.8. The molecule has 3 amide bonds. The van der Waals surface area contributed by atoms with Gasteiger partial charge < -0.3 is 5.32 Å². The van der Waals surface area contributed by atoms with Crippen molar-refractivity contribution < 1.29 is 9.59 Å². The first kappa shape index (κ1) is 16.5. The lowest BCUT2D eigenvalue weighted by atomic mass is 10.0. The van der Waals surface area contributed by atoms with Crippen molar-refractivity contribution in [1.29, 1.82) is 0 Å². The summed E-state index contributed by atoms with van der Waals surface area (Å²) in [6.07, 6.45) is 3.50. The molecule has 1 atom stereocenters. The molecule has 8 heteroatoms. The zero-order valence-corrected chi connectivity index (χ0v) is 14.2. The van der Waals surface area contributed by atoms with Gasteiger partial charge in [-0.3, -0.25) is 10.1 Å². The summed E-state index contributed by atoms with van der Waals surface area (Å²) in [6, 6.07) is 7.63. The molecule has 1 aromatic carbocycles. The molecule has 0 bridgehead atoms. The second kappa shape index (κ2) is 7.48. The van der Waals surface area contributed by atoms with Crippen molar-refractivity contribution >= 4 is 40.8 Å². The van der Waals surface area contributed by atoms with Gasteiger partial charge in [0.1, 0.15) is 0 Å². The van der Waals surface area contributed by atoms with E-state index in [1.807, 2.05) is 36.3 Å². The first-order valence-corrected chi connectivity index (χ1v) is 8.87. The largest absolute Gasteiger partial charge is 0.338 e. The lowest BCUT2D eigenvalue weighted by molar-refractivity contribution is -0.117. The molecule has 0 fully saturated rings. The first-order chi connectivity index (χ1) is 11.7. The van der Waals surface area contributed by atoms with E-state index in [1.54, 1.807) is 0 Å². The average Bonchev–Trinajstić information content (AvgIpc) is 3.08. The number of imide groups is 1. The van der Waals surface area contributed by atoms with Gasteiger partial charge in [-0.15, -0.1) is 0 Å². The van der Waals surface area contributed by atoms with Crippen LogP contribution in [0.15, 0.2) is 34.4 Å². The van der Waals surface area contributed by atoms with E-state index >= 15 is 0 Å². The lowest BCUT2D eigenvalue weighted by Gasteiger charge is -2.29. The zero-order valence-electron chi connectivity index (χ0n) is 13.4. The molecule has 0 aliphatic carbocycles. The summed E-state index contributed by atoms with van der Waals surface area (Å²) in [5.74, 6) is -0.242. The molecule has 0 radical (unpaired) electrons. The third-order valence-corrected chi connectivity index (χ3v) is 4.60. The van der Waals surface area contributed by atoms with Crippen LogP contribution in [0.1, 0.15) is 31.4 Å². The minimum atomic E-state index is -0.463. The number of para-hydroxylation sites is 1. The molecule has 0 spiro atoms. The molecule has 7 nitrogen and oxygen atoms in total. The van der Waals surface area contributed by atoms with Gasteiger partial charge in [0.25, 0.3) is 0 Å². The highest BCUT2D eigenvalue weighted by Gasteiger charge is 2.32. The SMILES string of the molecule is CCCNC(=O)NC(=O)CSC1=Nc2ccccc2C2CC=NN12. The molecule has 126 valence electrons. The number of carbonyl (C=O) groups excluding carboxylic acids is 2. The number of hydrogen-bond donors (Lipinski definition) is 2. The highest BCUT2D eigenvalue weighted by atomic mass is 32.2. The number of nitrogens with one attached hydrogen (secondary N) is 2. The molecule has 24 heavy (non-hydrogen) atoms. The zero-order chi connectivity index (χ0) is 16.9. The summed E-state index contributed by atoms with van der Waals surface area (Å²) in [6.45, 7) is 2.49. The van der Waals surface area contributed by atoms with Crippen LogP contribution in [0.2, 0.25) is 0 Å². The molecule has 1 aromatic rings. The van der Waals surface area contributed by atoms with Crippen LogP contribution in [0.3, 0.4) is 0 Å². The Labute approximate surface area is 144 Å². The molecule has 2 N–H and O–H groups in total. The van der Waals surface area contributed by atoms with Gasteiger partial charge in [0.15, 0.2) is 5.17 Å². The number of benzene rings is 1. The number of fused-ring (bicyclic) bond motifs is 3. The van der Waals surface area contributed by atoms with Gasteiger partial charge in [0.2, 0.25) is 5.91 Å². The van der Waals surface area contributed by atoms with Crippen LogP contribution < -0.4 is 10.6 Å². The van der Waals surface area contributed by atoms with E-state index in [-0.39, 0.29) is 17.7 Å². The highest BCUT2D eigenvalue weighted by Crippen LogP contribution is 2.40. The van der Waals surface area contributed by atoms with Crippen molar-refractivity contribution in [3.8, 4) is 0 Å². The Kier molecular flexibility index (Phi) is 5.14. The second-order valence-corrected chi connectivity index (χ2v) is 6.38. The Balaban J connectivity index is 1.62. The van der Waals surface area contributed by atoms with E-state index in [2.05, 4.69) is 26.8 Å². The number of aliphatic imine (C=N–C) groups is 1. The molecular formula is C16H19N5O2S. The molecule has 2 aliphatic rings. The van der Waals surface area contributed by atoms with Crippen LogP contribution in [0.25, 0.3) is 0 Å². The fourth-order valence-electron chi connectivity index (χ4n) is 2.56. The normalized spacial score (nSPS) is 17.8. The molecular weight excluding hydrogens is 326 g/mol. The van der Waals surface area contributed by atoms with Gasteiger partial charge in [-0.1, -0.05) is 36.9 Å². The van der Waals surface area contributed by atoms with Crippen molar-refractivity contribution in [2.24, 2.45) is 10.1 Å². The predicted molar refractivity (Wildman–Crippen MR) is 95.5 cm³/mol. The maximum Gasteiger partial charge on any atom is 0.321 e. The standard InChI is InChI=1S/C16H19N5O2S/c1-2-8-17-15(23)20-14(22)10-24-16-19-12-6-4-3-5-11(12)13-7-9-18-21(13)16/h3-6,9,13H,2,7-8,10H2,1H3,(H2,17,20,22,23). The van der Waals surface area contributed by atoms with Gasteiger partial charge in [-0.25, -0.2) is 14.8 Å². The number of nitrogens with zero attached hydrogens (tertiary/aromatic N) is 3. The number of urea groups is 1. The van der Waals surface area contributed by atoms with Gasteiger partial charge in [0, 0.05) is 24.7 Å². The van der Waals surface area contributed by atoms with E-state index in [4.69, 9.17) is 0 Å². The third kappa shape index (κ3) is 3.59. The Morgan fingerprint density at radius 1 is 1.38 bits per heavy atom. The molecule has 0 saturated heterocycles. The van der Waals surface area contributed by atoms with E-state index in [9.17, 15) is 9.59 Å². The maximum absolute atomic E-state index is 11.9. The van der Waals surface area contributed by atoms with Crippen molar-refractivity contribution in [1.82, 2.24) is 15.6 Å². The lowest BCUT2D eigenvalue weighted by Crippen LogP contribution is -2.41. The van der Waals surface area contributed by atoms with Crippen LogP contribution in [0.5, 0.6) is 0 Å². The van der Waals surface area contributed by atoms with Crippen LogP contribution in [0.4, 0.5) is 10.5 Å². The first-order valence-electron chi connectivity index (χ1n) is 7.89. The highest BCUT2D eigenvalue weighted by molar-refractivity contribution is 8.14. The van der Waals surface area contributed by atoms with E-state index in [0.717, 1.165) is 24.1 Å².